The fourth-order valence-corrected chi connectivity index (χ4v) is 3.63. The van der Waals surface area contributed by atoms with Gasteiger partial charge >= 0.3 is 5.91 Å². The van der Waals surface area contributed by atoms with Gasteiger partial charge in [0, 0.05) is 10.8 Å². The van der Waals surface area contributed by atoms with Crippen LogP contribution in [0.25, 0.3) is 21.8 Å². The molecule has 0 saturated carbocycles. The smallest absolute Gasteiger partial charge is 0.313 e. The third-order valence-corrected chi connectivity index (χ3v) is 5.16. The second-order valence-electron chi connectivity index (χ2n) is 7.16. The van der Waals surface area contributed by atoms with Gasteiger partial charge < -0.3 is 9.67 Å². The van der Waals surface area contributed by atoms with Crippen molar-refractivity contribution in [1.29, 1.82) is 0 Å². The van der Waals surface area contributed by atoms with E-state index >= 15 is 0 Å². The zero-order valence-electron chi connectivity index (χ0n) is 16.5. The van der Waals surface area contributed by atoms with Crippen LogP contribution in [0.3, 0.4) is 0 Å². The number of benzene rings is 3. The molecule has 0 aliphatic carbocycles. The Morgan fingerprint density at radius 1 is 0.871 bits per heavy atom. The van der Waals surface area contributed by atoms with Crippen molar-refractivity contribution >= 4 is 33.4 Å². The first-order chi connectivity index (χ1) is 15.2. The fraction of sp³-hybridized carbons (Fsp3) is 0.0400. The van der Waals surface area contributed by atoms with Crippen LogP contribution in [0.15, 0.2) is 101 Å². The van der Waals surface area contributed by atoms with Crippen LogP contribution in [0.5, 0.6) is 5.88 Å². The van der Waals surface area contributed by atoms with Gasteiger partial charge in [-0.3, -0.25) is 4.79 Å². The number of nitrogens with zero attached hydrogens (tertiary/aromatic N) is 4. The van der Waals surface area contributed by atoms with Gasteiger partial charge in [-0.2, -0.15) is 0 Å². The quantitative estimate of drug-likeness (QED) is 0.379. The molecule has 5 rings (SSSR count). The van der Waals surface area contributed by atoms with Crippen molar-refractivity contribution in [2.75, 3.05) is 0 Å². The summed E-state index contributed by atoms with van der Waals surface area (Å²) in [7, 11) is 0. The second-order valence-corrected chi connectivity index (χ2v) is 7.16. The summed E-state index contributed by atoms with van der Waals surface area (Å²) in [6.45, 7) is 0.475. The van der Waals surface area contributed by atoms with E-state index < -0.39 is 5.91 Å². The highest BCUT2D eigenvalue weighted by molar-refractivity contribution is 5.97. The van der Waals surface area contributed by atoms with Crippen molar-refractivity contribution in [2.24, 2.45) is 10.2 Å². The van der Waals surface area contributed by atoms with Crippen LogP contribution in [0.4, 0.5) is 5.69 Å². The van der Waals surface area contributed by atoms with Crippen LogP contribution >= 0.6 is 0 Å². The summed E-state index contributed by atoms with van der Waals surface area (Å²) in [5.41, 5.74) is 3.04. The molecule has 150 valence electrons. The molecule has 1 N–H and O–H groups in total. The lowest BCUT2D eigenvalue weighted by Crippen LogP contribution is -1.98. The van der Waals surface area contributed by atoms with E-state index in [2.05, 4.69) is 15.2 Å². The zero-order valence-corrected chi connectivity index (χ0v) is 16.5. The molecule has 2 aromatic heterocycles. The van der Waals surface area contributed by atoms with Gasteiger partial charge in [-0.1, -0.05) is 72.8 Å². The monoisotopic (exact) mass is 406 g/mol. The van der Waals surface area contributed by atoms with Gasteiger partial charge in [0.15, 0.2) is 5.69 Å². The average Bonchev–Trinajstić information content (AvgIpc) is 3.08. The number of amides is 1. The second kappa shape index (κ2) is 7.84. The first-order valence-corrected chi connectivity index (χ1v) is 9.87. The molecule has 0 aliphatic heterocycles. The van der Waals surface area contributed by atoms with E-state index in [0.29, 0.717) is 12.1 Å². The van der Waals surface area contributed by atoms with Crippen molar-refractivity contribution in [3.63, 3.8) is 0 Å². The Morgan fingerprint density at radius 2 is 1.61 bits per heavy atom. The van der Waals surface area contributed by atoms with Crippen LogP contribution in [0.1, 0.15) is 16.1 Å². The molecule has 0 spiro atoms. The number of rotatable bonds is 4. The highest BCUT2D eigenvalue weighted by Gasteiger charge is 2.17. The van der Waals surface area contributed by atoms with Gasteiger partial charge in [0.1, 0.15) is 5.69 Å². The molecule has 2 heterocycles. The molecular weight excluding hydrogens is 388 g/mol. The van der Waals surface area contributed by atoms with Crippen molar-refractivity contribution in [3.8, 4) is 5.88 Å². The fourth-order valence-electron chi connectivity index (χ4n) is 3.63. The summed E-state index contributed by atoms with van der Waals surface area (Å²) in [5.74, 6) is -0.599. The maximum atomic E-state index is 12.6. The SMILES string of the molecule is O=C(N=Nc1c(O)n(Cc2ccccc2)c2ccccc12)c1ccc2ccccc2n1. The lowest BCUT2D eigenvalue weighted by molar-refractivity contribution is 0.0990. The number of hydrogen-bond acceptors (Lipinski definition) is 4. The summed E-state index contributed by atoms with van der Waals surface area (Å²) in [6.07, 6.45) is 0. The van der Waals surface area contributed by atoms with Gasteiger partial charge in [0.2, 0.25) is 5.88 Å². The molecule has 6 heteroatoms. The molecule has 1 amide bonds. The predicted octanol–water partition coefficient (Wildman–Crippen LogP) is 5.87. The van der Waals surface area contributed by atoms with Gasteiger partial charge in [-0.25, -0.2) is 4.98 Å². The number of aromatic nitrogens is 2. The Morgan fingerprint density at radius 3 is 2.48 bits per heavy atom. The summed E-state index contributed by atoms with van der Waals surface area (Å²) in [6, 6.07) is 28.4. The third kappa shape index (κ3) is 3.55. The highest BCUT2D eigenvalue weighted by Crippen LogP contribution is 2.39. The van der Waals surface area contributed by atoms with E-state index in [0.717, 1.165) is 21.9 Å². The number of para-hydroxylation sites is 2. The topological polar surface area (TPSA) is 79.8 Å². The van der Waals surface area contributed by atoms with E-state index in [-0.39, 0.29) is 17.3 Å². The Hall–Kier alpha value is -4.32. The zero-order chi connectivity index (χ0) is 21.2. The molecule has 0 saturated heterocycles. The number of carbonyl (C=O) groups is 1. The summed E-state index contributed by atoms with van der Waals surface area (Å²) >= 11 is 0. The van der Waals surface area contributed by atoms with Gasteiger partial charge in [-0.15, -0.1) is 10.2 Å². The summed E-state index contributed by atoms with van der Waals surface area (Å²) in [5, 5.41) is 20.5. The van der Waals surface area contributed by atoms with Crippen molar-refractivity contribution < 1.29 is 9.90 Å². The molecule has 0 unspecified atom stereocenters. The molecule has 3 aromatic carbocycles. The normalized spacial score (nSPS) is 11.5. The lowest BCUT2D eigenvalue weighted by Gasteiger charge is -2.06. The van der Waals surface area contributed by atoms with Gasteiger partial charge in [0.25, 0.3) is 0 Å². The largest absolute Gasteiger partial charge is 0.493 e. The molecule has 5 aromatic rings. The number of azo groups is 1. The Kier molecular flexibility index (Phi) is 4.72. The summed E-state index contributed by atoms with van der Waals surface area (Å²) in [4.78, 5) is 17.0. The van der Waals surface area contributed by atoms with E-state index in [1.807, 2.05) is 84.9 Å². The van der Waals surface area contributed by atoms with Gasteiger partial charge in [0.05, 0.1) is 17.6 Å². The van der Waals surface area contributed by atoms with Gasteiger partial charge in [-0.05, 0) is 23.8 Å². The minimum Gasteiger partial charge on any atom is -0.493 e. The number of hydrogen-bond donors (Lipinski definition) is 1. The van der Waals surface area contributed by atoms with Crippen molar-refractivity contribution in [2.45, 2.75) is 6.54 Å². The van der Waals surface area contributed by atoms with Crippen molar-refractivity contribution in [1.82, 2.24) is 9.55 Å². The van der Waals surface area contributed by atoms with Crippen LogP contribution in [0, 0.1) is 0 Å². The number of pyridine rings is 1. The van der Waals surface area contributed by atoms with Crippen LogP contribution in [0.2, 0.25) is 0 Å². The molecule has 0 fully saturated rings. The first kappa shape index (κ1) is 18.7. The van der Waals surface area contributed by atoms with Crippen LogP contribution in [-0.2, 0) is 6.54 Å². The third-order valence-electron chi connectivity index (χ3n) is 5.16. The van der Waals surface area contributed by atoms with Crippen molar-refractivity contribution in [3.05, 3.63) is 102 Å². The molecule has 0 radical (unpaired) electrons. The molecule has 0 atom stereocenters. The Bertz CT molecular complexity index is 1440. The maximum Gasteiger partial charge on any atom is 0.313 e. The number of aromatic hydroxyl groups is 1. The molecule has 0 aliphatic rings. The minimum atomic E-state index is -0.565. The molecule has 31 heavy (non-hydrogen) atoms. The highest BCUT2D eigenvalue weighted by atomic mass is 16.3. The summed E-state index contributed by atoms with van der Waals surface area (Å²) < 4.78 is 1.76. The lowest BCUT2D eigenvalue weighted by atomic mass is 10.2. The minimum absolute atomic E-state index is 0.0342. The molecular formula is C25H18N4O2. The standard InChI is InChI=1S/C25H18N4O2/c30-24(21-15-14-18-10-4-6-12-20(18)26-21)28-27-23-19-11-5-7-13-22(19)29(25(23)31)16-17-8-2-1-3-9-17/h1-15,31H,16H2. The van der Waals surface area contributed by atoms with E-state index in [4.69, 9.17) is 0 Å². The van der Waals surface area contributed by atoms with E-state index in [1.165, 1.54) is 0 Å². The molecule has 6 nitrogen and oxygen atoms in total. The maximum absolute atomic E-state index is 12.6. The van der Waals surface area contributed by atoms with E-state index in [9.17, 15) is 9.90 Å². The molecule has 0 bridgehead atoms. The van der Waals surface area contributed by atoms with E-state index in [1.54, 1.807) is 10.6 Å². The number of carbonyl (C=O) groups excluding carboxylic acids is 1. The number of fused-ring (bicyclic) bond motifs is 2. The Balaban J connectivity index is 1.51. The first-order valence-electron chi connectivity index (χ1n) is 9.87. The van der Waals surface area contributed by atoms with Crippen LogP contribution < -0.4 is 0 Å². The van der Waals surface area contributed by atoms with Crippen LogP contribution in [-0.4, -0.2) is 20.6 Å². The predicted molar refractivity (Wildman–Crippen MR) is 120 cm³/mol. The Labute approximate surface area is 178 Å². The average molecular weight is 406 g/mol.